The van der Waals surface area contributed by atoms with Crippen molar-refractivity contribution in [2.45, 2.75) is 12.6 Å². The van der Waals surface area contributed by atoms with Crippen molar-refractivity contribution in [3.05, 3.63) is 96.1 Å². The van der Waals surface area contributed by atoms with Crippen LogP contribution in [0.1, 0.15) is 21.5 Å². The number of benzene rings is 2. The van der Waals surface area contributed by atoms with Gasteiger partial charge in [-0.3, -0.25) is 9.59 Å². The molecule has 2 aromatic carbocycles. The first-order valence-electron chi connectivity index (χ1n) is 9.29. The van der Waals surface area contributed by atoms with E-state index in [1.807, 2.05) is 0 Å². The van der Waals surface area contributed by atoms with Crippen LogP contribution in [0, 0.1) is 0 Å². The summed E-state index contributed by atoms with van der Waals surface area (Å²) in [6, 6.07) is 9.11. The fourth-order valence-corrected chi connectivity index (χ4v) is 3.15. The Morgan fingerprint density at radius 3 is 2.39 bits per heavy atom. The number of carboxylic acid groups (broad SMARTS) is 1. The zero-order valence-corrected chi connectivity index (χ0v) is 16.9. The minimum atomic E-state index is -4.57. The van der Waals surface area contributed by atoms with E-state index in [1.54, 1.807) is 25.3 Å². The van der Waals surface area contributed by atoms with Crippen molar-refractivity contribution in [1.82, 2.24) is 4.90 Å². The number of hydrogen-bond donors (Lipinski definition) is 1. The molecule has 0 aliphatic heterocycles. The first kappa shape index (κ1) is 23.7. The number of hydrogen-bond acceptors (Lipinski definition) is 2. The summed E-state index contributed by atoms with van der Waals surface area (Å²) >= 11 is 0. The molecule has 162 valence electrons. The highest BCUT2D eigenvalue weighted by Crippen LogP contribution is 2.37. The van der Waals surface area contributed by atoms with E-state index in [0.29, 0.717) is 0 Å². The zero-order chi connectivity index (χ0) is 23.2. The van der Waals surface area contributed by atoms with Crippen LogP contribution in [0.4, 0.5) is 13.2 Å². The van der Waals surface area contributed by atoms with Crippen LogP contribution in [-0.2, 0) is 17.4 Å². The van der Waals surface area contributed by atoms with Gasteiger partial charge in [-0.15, -0.1) is 0 Å². The van der Waals surface area contributed by atoms with E-state index in [9.17, 15) is 27.9 Å². The van der Waals surface area contributed by atoms with Crippen LogP contribution in [0.15, 0.2) is 79.4 Å². The number of halogens is 3. The van der Waals surface area contributed by atoms with Gasteiger partial charge >= 0.3 is 12.1 Å². The first-order chi connectivity index (χ1) is 14.6. The molecule has 0 aliphatic rings. The Labute approximate surface area is 178 Å². The lowest BCUT2D eigenvalue weighted by atomic mass is 9.94. The number of amides is 1. The molecular formula is C24H22F3NO3. The summed E-state index contributed by atoms with van der Waals surface area (Å²) in [4.78, 5) is 25.7. The topological polar surface area (TPSA) is 57.6 Å². The predicted octanol–water partition coefficient (Wildman–Crippen LogP) is 5.37. The average Bonchev–Trinajstić information content (AvgIpc) is 2.71. The number of allylic oxidation sites excluding steroid dienone is 2. The highest BCUT2D eigenvalue weighted by Gasteiger charge is 2.33. The van der Waals surface area contributed by atoms with Gasteiger partial charge in [0.2, 0.25) is 0 Å². The van der Waals surface area contributed by atoms with E-state index < -0.39 is 30.0 Å². The Hall–Kier alpha value is -3.61. The summed E-state index contributed by atoms with van der Waals surface area (Å²) in [6.45, 7) is 7.47. The van der Waals surface area contributed by atoms with Crippen LogP contribution in [0.3, 0.4) is 0 Å². The van der Waals surface area contributed by atoms with Crippen LogP contribution in [0.2, 0.25) is 0 Å². The molecule has 0 radical (unpaired) electrons. The van der Waals surface area contributed by atoms with Crippen LogP contribution in [-0.4, -0.2) is 35.5 Å². The van der Waals surface area contributed by atoms with Gasteiger partial charge in [0.1, 0.15) is 0 Å². The van der Waals surface area contributed by atoms with Crippen molar-refractivity contribution in [2.75, 3.05) is 13.6 Å². The monoisotopic (exact) mass is 429 g/mol. The predicted molar refractivity (Wildman–Crippen MR) is 114 cm³/mol. The van der Waals surface area contributed by atoms with Gasteiger partial charge in [0.05, 0.1) is 12.0 Å². The lowest BCUT2D eigenvalue weighted by molar-refractivity contribution is -0.137. The molecule has 0 aromatic heterocycles. The first-order valence-corrected chi connectivity index (χ1v) is 9.29. The van der Waals surface area contributed by atoms with Gasteiger partial charge < -0.3 is 10.0 Å². The Balaban J connectivity index is 2.51. The molecule has 1 amide bonds. The number of carbonyl (C=O) groups excluding carboxylic acids is 1. The Morgan fingerprint density at radius 1 is 1.13 bits per heavy atom. The van der Waals surface area contributed by atoms with Crippen molar-refractivity contribution < 1.29 is 27.9 Å². The van der Waals surface area contributed by atoms with Crippen molar-refractivity contribution >= 4 is 11.9 Å². The van der Waals surface area contributed by atoms with Crippen molar-refractivity contribution in [3.63, 3.8) is 0 Å². The van der Waals surface area contributed by atoms with Gasteiger partial charge in [-0.05, 0) is 40.5 Å². The van der Waals surface area contributed by atoms with Gasteiger partial charge in [-0.1, -0.05) is 55.7 Å². The fourth-order valence-electron chi connectivity index (χ4n) is 3.15. The molecule has 4 nitrogen and oxygen atoms in total. The minimum Gasteiger partial charge on any atom is -0.481 e. The highest BCUT2D eigenvalue weighted by atomic mass is 19.4. The molecule has 0 fully saturated rings. The molecule has 0 saturated heterocycles. The molecule has 0 unspecified atom stereocenters. The second-order valence-corrected chi connectivity index (χ2v) is 6.83. The molecule has 0 aliphatic carbocycles. The largest absolute Gasteiger partial charge is 0.481 e. The summed E-state index contributed by atoms with van der Waals surface area (Å²) in [6.07, 6.45) is -0.268. The Bertz CT molecular complexity index is 1040. The molecule has 1 N–H and O–H groups in total. The molecule has 0 bridgehead atoms. The minimum absolute atomic E-state index is 0.0862. The Kier molecular flexibility index (Phi) is 7.58. The zero-order valence-electron chi connectivity index (χ0n) is 16.9. The lowest BCUT2D eigenvalue weighted by Crippen LogP contribution is -2.29. The van der Waals surface area contributed by atoms with Crippen molar-refractivity contribution in [1.29, 1.82) is 0 Å². The van der Waals surface area contributed by atoms with Gasteiger partial charge in [0.25, 0.3) is 5.91 Å². The third-order valence-electron chi connectivity index (χ3n) is 4.58. The molecule has 0 atom stereocenters. The number of carboxylic acids is 1. The van der Waals surface area contributed by atoms with Crippen molar-refractivity contribution in [3.8, 4) is 11.1 Å². The Morgan fingerprint density at radius 2 is 1.81 bits per heavy atom. The van der Waals surface area contributed by atoms with Crippen LogP contribution in [0.5, 0.6) is 0 Å². The standard InChI is InChI=1S/C24H22F3NO3/c1-4-8-16(5-2)15-28(3)23(31)20-12-11-17(13-18(20)14-22(29)30)19-9-6-7-10-21(19)24(25,26)27/h4-13H,1-2,14-15H2,3H3,(H,29,30)/b16-8+. The lowest BCUT2D eigenvalue weighted by Gasteiger charge is -2.20. The second kappa shape index (κ2) is 9.93. The summed E-state index contributed by atoms with van der Waals surface area (Å²) in [7, 11) is 1.54. The third-order valence-corrected chi connectivity index (χ3v) is 4.58. The van der Waals surface area contributed by atoms with E-state index in [4.69, 9.17) is 0 Å². The average molecular weight is 429 g/mol. The van der Waals surface area contributed by atoms with E-state index in [1.165, 1.54) is 41.3 Å². The third kappa shape index (κ3) is 5.94. The second-order valence-electron chi connectivity index (χ2n) is 6.83. The summed E-state index contributed by atoms with van der Waals surface area (Å²) in [5, 5.41) is 9.27. The van der Waals surface area contributed by atoms with Gasteiger partial charge in [0, 0.05) is 19.2 Å². The van der Waals surface area contributed by atoms with E-state index >= 15 is 0 Å². The molecule has 0 saturated carbocycles. The maximum Gasteiger partial charge on any atom is 0.417 e. The van der Waals surface area contributed by atoms with Gasteiger partial charge in [-0.25, -0.2) is 0 Å². The molecular weight excluding hydrogens is 407 g/mol. The fraction of sp³-hybridized carbons (Fsp3) is 0.167. The SMILES string of the molecule is C=C/C=C(\C=C)CN(C)C(=O)c1ccc(-c2ccccc2C(F)(F)F)cc1CC(=O)O. The summed E-state index contributed by atoms with van der Waals surface area (Å²) < 4.78 is 40.2. The number of nitrogens with zero attached hydrogens (tertiary/aromatic N) is 1. The van der Waals surface area contributed by atoms with Crippen molar-refractivity contribution in [2.24, 2.45) is 0 Å². The molecule has 7 heteroatoms. The number of alkyl halides is 3. The van der Waals surface area contributed by atoms with E-state index in [2.05, 4.69) is 13.2 Å². The van der Waals surface area contributed by atoms with E-state index in [0.717, 1.165) is 11.6 Å². The molecule has 0 heterocycles. The van der Waals surface area contributed by atoms with Crippen LogP contribution < -0.4 is 0 Å². The quantitative estimate of drug-likeness (QED) is 0.574. The molecule has 0 spiro atoms. The van der Waals surface area contributed by atoms with Crippen LogP contribution >= 0.6 is 0 Å². The maximum atomic E-state index is 13.4. The number of likely N-dealkylation sites (N-methyl/N-ethyl adjacent to an activating group) is 1. The summed E-state index contributed by atoms with van der Waals surface area (Å²) in [5.41, 5.74) is 0.226. The van der Waals surface area contributed by atoms with E-state index in [-0.39, 0.29) is 28.8 Å². The molecule has 2 rings (SSSR count). The van der Waals surface area contributed by atoms with Gasteiger partial charge in [-0.2, -0.15) is 13.2 Å². The number of carbonyl (C=O) groups is 2. The highest BCUT2D eigenvalue weighted by molar-refractivity contribution is 5.97. The molecule has 31 heavy (non-hydrogen) atoms. The number of aliphatic carboxylic acids is 1. The number of rotatable bonds is 8. The van der Waals surface area contributed by atoms with Gasteiger partial charge in [0.15, 0.2) is 0 Å². The normalized spacial score (nSPS) is 11.7. The summed E-state index contributed by atoms with van der Waals surface area (Å²) in [5.74, 6) is -1.65. The molecule has 2 aromatic rings. The maximum absolute atomic E-state index is 13.4. The van der Waals surface area contributed by atoms with Crippen LogP contribution in [0.25, 0.3) is 11.1 Å². The smallest absolute Gasteiger partial charge is 0.417 e.